The fourth-order valence-corrected chi connectivity index (χ4v) is 2.80. The van der Waals surface area contributed by atoms with Crippen LogP contribution in [0.4, 0.5) is 0 Å². The van der Waals surface area contributed by atoms with Gasteiger partial charge in [-0.15, -0.1) is 0 Å². The summed E-state index contributed by atoms with van der Waals surface area (Å²) in [6.45, 7) is 9.30. The highest BCUT2D eigenvalue weighted by Crippen LogP contribution is 2.40. The largest absolute Gasteiger partial charge is 0.0648 e. The zero-order valence-electron chi connectivity index (χ0n) is 12.7. The van der Waals surface area contributed by atoms with Gasteiger partial charge in [0.05, 0.1) is 0 Å². The highest BCUT2D eigenvalue weighted by Gasteiger charge is 2.22. The Hall–Kier alpha value is -1.30. The zero-order valence-corrected chi connectivity index (χ0v) is 12.7. The third-order valence-electron chi connectivity index (χ3n) is 4.61. The van der Waals surface area contributed by atoms with Gasteiger partial charge < -0.3 is 0 Å². The first-order chi connectivity index (χ1) is 9.17. The van der Waals surface area contributed by atoms with Gasteiger partial charge in [0.15, 0.2) is 0 Å². The lowest BCUT2D eigenvalue weighted by Crippen LogP contribution is -2.01. The van der Waals surface area contributed by atoms with Gasteiger partial charge in [-0.05, 0) is 42.2 Å². The van der Waals surface area contributed by atoms with Crippen LogP contribution >= 0.6 is 0 Å². The predicted octanol–water partition coefficient (Wildman–Crippen LogP) is 5.86. The van der Waals surface area contributed by atoms with Crippen molar-refractivity contribution in [3.05, 3.63) is 53.1 Å². The SMILES string of the molecule is CCC(C)C1=CC(c2ccccc2)=C(C(C)CC)C1. The van der Waals surface area contributed by atoms with Gasteiger partial charge in [0.2, 0.25) is 0 Å². The second-order valence-electron chi connectivity index (χ2n) is 5.82. The molecule has 2 rings (SSSR count). The molecule has 2 unspecified atom stereocenters. The van der Waals surface area contributed by atoms with Crippen molar-refractivity contribution in [2.45, 2.75) is 47.0 Å². The molecule has 0 heterocycles. The van der Waals surface area contributed by atoms with E-state index in [0.29, 0.717) is 11.8 Å². The number of rotatable bonds is 5. The topological polar surface area (TPSA) is 0 Å². The molecule has 0 aliphatic heterocycles. The fourth-order valence-electron chi connectivity index (χ4n) is 2.80. The van der Waals surface area contributed by atoms with Crippen LogP contribution in [-0.2, 0) is 0 Å². The van der Waals surface area contributed by atoms with E-state index < -0.39 is 0 Å². The lowest BCUT2D eigenvalue weighted by Gasteiger charge is -2.16. The first kappa shape index (κ1) is 14.1. The molecule has 1 aliphatic carbocycles. The van der Waals surface area contributed by atoms with Gasteiger partial charge in [0, 0.05) is 0 Å². The van der Waals surface area contributed by atoms with Crippen molar-refractivity contribution in [2.75, 3.05) is 0 Å². The van der Waals surface area contributed by atoms with E-state index in [0.717, 1.165) is 0 Å². The summed E-state index contributed by atoms with van der Waals surface area (Å²) in [4.78, 5) is 0. The molecule has 0 amide bonds. The van der Waals surface area contributed by atoms with Crippen molar-refractivity contribution in [1.29, 1.82) is 0 Å². The molecular formula is C19H26. The minimum absolute atomic E-state index is 0.688. The summed E-state index contributed by atoms with van der Waals surface area (Å²) in [7, 11) is 0. The molecule has 1 aromatic rings. The van der Waals surface area contributed by atoms with E-state index in [1.54, 1.807) is 11.1 Å². The fraction of sp³-hybridized carbons (Fsp3) is 0.474. The average Bonchev–Trinajstić information content (AvgIpc) is 2.91. The molecule has 0 nitrogen and oxygen atoms in total. The van der Waals surface area contributed by atoms with Gasteiger partial charge in [0.25, 0.3) is 0 Å². The van der Waals surface area contributed by atoms with E-state index in [1.165, 1.54) is 30.4 Å². The minimum Gasteiger partial charge on any atom is -0.0648 e. The van der Waals surface area contributed by atoms with Crippen LogP contribution in [-0.4, -0.2) is 0 Å². The summed E-state index contributed by atoms with van der Waals surface area (Å²) >= 11 is 0. The Bertz CT molecular complexity index is 476. The van der Waals surface area contributed by atoms with Crippen molar-refractivity contribution in [2.24, 2.45) is 11.8 Å². The van der Waals surface area contributed by atoms with Crippen molar-refractivity contribution >= 4 is 5.57 Å². The van der Waals surface area contributed by atoms with Crippen LogP contribution in [0.5, 0.6) is 0 Å². The van der Waals surface area contributed by atoms with Gasteiger partial charge in [-0.1, -0.05) is 75.2 Å². The summed E-state index contributed by atoms with van der Waals surface area (Å²) in [6.07, 6.45) is 6.12. The van der Waals surface area contributed by atoms with Gasteiger partial charge in [-0.25, -0.2) is 0 Å². The molecule has 0 fully saturated rings. The Morgan fingerprint density at radius 2 is 1.58 bits per heavy atom. The van der Waals surface area contributed by atoms with Crippen LogP contribution in [0.3, 0.4) is 0 Å². The Labute approximate surface area is 118 Å². The molecule has 0 heteroatoms. The van der Waals surface area contributed by atoms with E-state index >= 15 is 0 Å². The molecule has 0 N–H and O–H groups in total. The van der Waals surface area contributed by atoms with Crippen LogP contribution < -0.4 is 0 Å². The zero-order chi connectivity index (χ0) is 13.8. The molecule has 0 radical (unpaired) electrons. The van der Waals surface area contributed by atoms with Crippen LogP contribution in [0.15, 0.2) is 47.6 Å². The summed E-state index contributed by atoms with van der Waals surface area (Å²) < 4.78 is 0. The first-order valence-corrected chi connectivity index (χ1v) is 7.66. The van der Waals surface area contributed by atoms with Crippen molar-refractivity contribution in [3.63, 3.8) is 0 Å². The van der Waals surface area contributed by atoms with Gasteiger partial charge in [-0.2, -0.15) is 0 Å². The monoisotopic (exact) mass is 254 g/mol. The molecule has 1 aromatic carbocycles. The molecule has 0 bridgehead atoms. The number of hydrogen-bond acceptors (Lipinski definition) is 0. The summed E-state index contributed by atoms with van der Waals surface area (Å²) in [5.74, 6) is 1.40. The van der Waals surface area contributed by atoms with Crippen molar-refractivity contribution in [3.8, 4) is 0 Å². The Morgan fingerprint density at radius 1 is 0.947 bits per heavy atom. The highest BCUT2D eigenvalue weighted by molar-refractivity contribution is 5.81. The Kier molecular flexibility index (Phi) is 4.63. The van der Waals surface area contributed by atoms with Gasteiger partial charge in [0.1, 0.15) is 0 Å². The average molecular weight is 254 g/mol. The lowest BCUT2D eigenvalue weighted by atomic mass is 9.89. The molecule has 0 saturated carbocycles. The van der Waals surface area contributed by atoms with Gasteiger partial charge >= 0.3 is 0 Å². The number of hydrogen-bond donors (Lipinski definition) is 0. The lowest BCUT2D eigenvalue weighted by molar-refractivity contribution is 0.604. The van der Waals surface area contributed by atoms with Gasteiger partial charge in [-0.3, -0.25) is 0 Å². The Morgan fingerprint density at radius 3 is 2.16 bits per heavy atom. The van der Waals surface area contributed by atoms with Crippen LogP contribution in [0.2, 0.25) is 0 Å². The van der Waals surface area contributed by atoms with E-state index in [1.807, 2.05) is 0 Å². The summed E-state index contributed by atoms with van der Waals surface area (Å²) in [6, 6.07) is 10.9. The van der Waals surface area contributed by atoms with E-state index in [9.17, 15) is 0 Å². The Balaban J connectivity index is 2.38. The van der Waals surface area contributed by atoms with Crippen molar-refractivity contribution in [1.82, 2.24) is 0 Å². The first-order valence-electron chi connectivity index (χ1n) is 7.66. The third kappa shape index (κ3) is 3.00. The molecule has 0 spiro atoms. The van der Waals surface area contributed by atoms with Crippen LogP contribution in [0.25, 0.3) is 5.57 Å². The van der Waals surface area contributed by atoms with Crippen LogP contribution in [0.1, 0.15) is 52.5 Å². The smallest absolute Gasteiger partial charge is 0.00905 e. The standard InChI is InChI=1S/C19H26/c1-5-14(3)17-12-18(15(4)6-2)19(13-17)16-10-8-7-9-11-16/h7-11,13-15H,5-6,12H2,1-4H3. The normalized spacial score (nSPS) is 18.4. The molecule has 102 valence electrons. The number of allylic oxidation sites excluding steroid dienone is 4. The van der Waals surface area contributed by atoms with E-state index in [2.05, 4.69) is 64.1 Å². The molecular weight excluding hydrogens is 228 g/mol. The second-order valence-corrected chi connectivity index (χ2v) is 5.82. The molecule has 1 aliphatic rings. The molecule has 0 aromatic heterocycles. The van der Waals surface area contributed by atoms with Crippen LogP contribution in [0, 0.1) is 11.8 Å². The molecule has 2 atom stereocenters. The second kappa shape index (κ2) is 6.23. The van der Waals surface area contributed by atoms with Crippen molar-refractivity contribution < 1.29 is 0 Å². The summed E-state index contributed by atoms with van der Waals surface area (Å²) in [5.41, 5.74) is 6.14. The van der Waals surface area contributed by atoms with E-state index in [-0.39, 0.29) is 0 Å². The maximum Gasteiger partial charge on any atom is -0.00905 e. The predicted molar refractivity (Wildman–Crippen MR) is 85.0 cm³/mol. The maximum atomic E-state index is 2.46. The summed E-state index contributed by atoms with van der Waals surface area (Å²) in [5, 5.41) is 0. The highest BCUT2D eigenvalue weighted by atomic mass is 14.3. The molecule has 0 saturated heterocycles. The quantitative estimate of drug-likeness (QED) is 0.617. The third-order valence-corrected chi connectivity index (χ3v) is 4.61. The minimum atomic E-state index is 0.688. The number of benzene rings is 1. The molecule has 19 heavy (non-hydrogen) atoms. The van der Waals surface area contributed by atoms with E-state index in [4.69, 9.17) is 0 Å². The maximum absolute atomic E-state index is 2.46.